The summed E-state index contributed by atoms with van der Waals surface area (Å²) in [6.07, 6.45) is -0.405. The van der Waals surface area contributed by atoms with Gasteiger partial charge in [-0.2, -0.15) is 0 Å². The van der Waals surface area contributed by atoms with Gasteiger partial charge >= 0.3 is 12.1 Å². The Morgan fingerprint density at radius 2 is 1.72 bits per heavy atom. The van der Waals surface area contributed by atoms with E-state index < -0.39 is 24.2 Å². The minimum Gasteiger partial charge on any atom is -0.488 e. The fraction of sp³-hybridized carbons (Fsp3) is 0.423. The molecule has 0 aromatic heterocycles. The van der Waals surface area contributed by atoms with E-state index in [1.54, 1.807) is 18.2 Å². The minimum absolute atomic E-state index is 0.00958. The fourth-order valence-electron chi connectivity index (χ4n) is 5.28. The van der Waals surface area contributed by atoms with Crippen molar-refractivity contribution in [3.05, 3.63) is 64.7 Å². The van der Waals surface area contributed by atoms with Gasteiger partial charge in [-0.3, -0.25) is 14.6 Å². The molecule has 2 aromatic carbocycles. The van der Waals surface area contributed by atoms with Gasteiger partial charge in [0.15, 0.2) is 0 Å². The van der Waals surface area contributed by atoms with E-state index in [1.165, 1.54) is 5.56 Å². The van der Waals surface area contributed by atoms with E-state index in [-0.39, 0.29) is 24.4 Å². The molecule has 0 bridgehead atoms. The molecule has 192 valence electrons. The third kappa shape index (κ3) is 5.12. The zero-order valence-electron chi connectivity index (χ0n) is 20.3. The number of carboxylic acid groups (broad SMARTS) is 2. The topological polar surface area (TPSA) is 111 Å². The van der Waals surface area contributed by atoms with Crippen molar-refractivity contribution in [3.8, 4) is 5.75 Å². The van der Waals surface area contributed by atoms with Crippen LogP contribution in [-0.2, 0) is 10.3 Å². The van der Waals surface area contributed by atoms with E-state index in [4.69, 9.17) is 16.3 Å². The van der Waals surface area contributed by atoms with Crippen molar-refractivity contribution < 1.29 is 29.3 Å². The van der Waals surface area contributed by atoms with Crippen LogP contribution in [0.4, 0.5) is 4.79 Å². The number of hydrogen-bond donors (Lipinski definition) is 2. The van der Waals surface area contributed by atoms with E-state index in [2.05, 4.69) is 31.1 Å². The fourth-order valence-corrected chi connectivity index (χ4v) is 5.50. The van der Waals surface area contributed by atoms with Crippen LogP contribution >= 0.6 is 11.6 Å². The minimum atomic E-state index is -1.31. The average Bonchev–Trinajstić information content (AvgIpc) is 3.28. The standard InChI is InChI=1S/C26H30ClN3O6/c1-28(2)26(18-6-4-3-5-7-18)8-10-29(11-9-26)23(31)17-12-19(27)14-20(13-17)36-21-15-22(24(32)33)30(16-21)25(34)35/h3-7,12-14,21-22H,8-11,15-16H2,1-2H3,(H,32,33)(H,34,35)/t21-,22-/m0/s1. The highest BCUT2D eigenvalue weighted by atomic mass is 35.5. The molecule has 2 aliphatic heterocycles. The molecular formula is C26H30ClN3O6. The highest BCUT2D eigenvalue weighted by Gasteiger charge is 2.41. The van der Waals surface area contributed by atoms with Crippen LogP contribution < -0.4 is 4.74 Å². The Kier molecular flexibility index (Phi) is 7.42. The Morgan fingerprint density at radius 1 is 1.06 bits per heavy atom. The molecule has 10 heteroatoms. The molecule has 4 rings (SSSR count). The molecule has 0 radical (unpaired) electrons. The number of rotatable bonds is 6. The van der Waals surface area contributed by atoms with Crippen molar-refractivity contribution in [3.63, 3.8) is 0 Å². The summed E-state index contributed by atoms with van der Waals surface area (Å²) in [5, 5.41) is 18.9. The molecule has 2 aromatic rings. The molecule has 0 aliphatic carbocycles. The SMILES string of the molecule is CN(C)C1(c2ccccc2)CCN(C(=O)c2cc(Cl)cc(O[C@H]3C[C@@H](C(=O)O)N(C(=O)O)C3)c2)CC1. The number of ether oxygens (including phenoxy) is 1. The lowest BCUT2D eigenvalue weighted by Gasteiger charge is -2.46. The smallest absolute Gasteiger partial charge is 0.408 e. The largest absolute Gasteiger partial charge is 0.488 e. The van der Waals surface area contributed by atoms with Crippen LogP contribution in [0.5, 0.6) is 5.75 Å². The Hall–Kier alpha value is -3.30. The van der Waals surface area contributed by atoms with Gasteiger partial charge in [-0.15, -0.1) is 0 Å². The van der Waals surface area contributed by atoms with Gasteiger partial charge in [-0.25, -0.2) is 9.59 Å². The molecule has 2 fully saturated rings. The molecule has 36 heavy (non-hydrogen) atoms. The second-order valence-electron chi connectivity index (χ2n) is 9.52. The van der Waals surface area contributed by atoms with E-state index in [1.807, 2.05) is 23.1 Å². The van der Waals surface area contributed by atoms with Gasteiger partial charge < -0.3 is 19.8 Å². The molecule has 2 aliphatic rings. The monoisotopic (exact) mass is 515 g/mol. The van der Waals surface area contributed by atoms with Crippen molar-refractivity contribution in [2.75, 3.05) is 33.7 Å². The summed E-state index contributed by atoms with van der Waals surface area (Å²) in [6.45, 7) is 1.07. The number of likely N-dealkylation sites (tertiary alicyclic amines) is 2. The molecular weight excluding hydrogens is 486 g/mol. The lowest BCUT2D eigenvalue weighted by atomic mass is 9.79. The van der Waals surface area contributed by atoms with Crippen LogP contribution in [0.15, 0.2) is 48.5 Å². The summed E-state index contributed by atoms with van der Waals surface area (Å²) in [6, 6.07) is 13.8. The maximum atomic E-state index is 13.4. The highest BCUT2D eigenvalue weighted by molar-refractivity contribution is 6.31. The second-order valence-corrected chi connectivity index (χ2v) is 9.96. The number of halogens is 1. The van der Waals surface area contributed by atoms with Crippen LogP contribution in [-0.4, -0.2) is 88.8 Å². The molecule has 0 saturated carbocycles. The van der Waals surface area contributed by atoms with Crippen LogP contribution in [0.2, 0.25) is 5.02 Å². The first kappa shape index (κ1) is 25.8. The third-order valence-corrected chi connectivity index (χ3v) is 7.48. The second kappa shape index (κ2) is 10.4. The van der Waals surface area contributed by atoms with Crippen LogP contribution in [0.3, 0.4) is 0 Å². The van der Waals surface area contributed by atoms with Crippen LogP contribution in [0.1, 0.15) is 35.2 Å². The Morgan fingerprint density at radius 3 is 2.28 bits per heavy atom. The first-order chi connectivity index (χ1) is 17.1. The Balaban J connectivity index is 1.47. The predicted octanol–water partition coefficient (Wildman–Crippen LogP) is 3.62. The van der Waals surface area contributed by atoms with Gasteiger partial charge in [0.2, 0.25) is 0 Å². The van der Waals surface area contributed by atoms with Gasteiger partial charge in [-0.1, -0.05) is 41.9 Å². The molecule has 0 unspecified atom stereocenters. The highest BCUT2D eigenvalue weighted by Crippen LogP contribution is 2.38. The molecule has 2 amide bonds. The van der Waals surface area contributed by atoms with Gasteiger partial charge in [-0.05, 0) is 50.7 Å². The van der Waals surface area contributed by atoms with Gasteiger partial charge in [0.05, 0.1) is 6.54 Å². The van der Waals surface area contributed by atoms with Gasteiger partial charge in [0.25, 0.3) is 5.91 Å². The molecule has 0 spiro atoms. The summed E-state index contributed by atoms with van der Waals surface area (Å²) in [7, 11) is 4.13. The van der Waals surface area contributed by atoms with Gasteiger partial charge in [0.1, 0.15) is 17.9 Å². The van der Waals surface area contributed by atoms with Crippen molar-refractivity contribution >= 4 is 29.6 Å². The first-order valence-electron chi connectivity index (χ1n) is 11.8. The molecule has 2 N–H and O–H groups in total. The predicted molar refractivity (Wildman–Crippen MR) is 134 cm³/mol. The van der Waals surface area contributed by atoms with Crippen molar-refractivity contribution in [2.24, 2.45) is 0 Å². The Bertz CT molecular complexity index is 1110. The van der Waals surface area contributed by atoms with E-state index in [9.17, 15) is 24.6 Å². The summed E-state index contributed by atoms with van der Waals surface area (Å²) in [5.41, 5.74) is 1.45. The average molecular weight is 516 g/mol. The molecule has 2 saturated heterocycles. The first-order valence-corrected chi connectivity index (χ1v) is 12.2. The molecule has 9 nitrogen and oxygen atoms in total. The Labute approximate surface area is 214 Å². The number of carboxylic acids is 1. The molecule has 2 heterocycles. The van der Waals surface area contributed by atoms with Crippen molar-refractivity contribution in [1.29, 1.82) is 0 Å². The number of benzene rings is 2. The van der Waals surface area contributed by atoms with E-state index in [0.29, 0.717) is 29.4 Å². The number of carbonyl (C=O) groups is 3. The molecule has 2 atom stereocenters. The number of carbonyl (C=O) groups excluding carboxylic acids is 1. The van der Waals surface area contributed by atoms with E-state index >= 15 is 0 Å². The number of hydrogen-bond acceptors (Lipinski definition) is 5. The van der Waals surface area contributed by atoms with E-state index in [0.717, 1.165) is 17.7 Å². The lowest BCUT2D eigenvalue weighted by Crippen LogP contribution is -2.51. The maximum absolute atomic E-state index is 13.4. The van der Waals surface area contributed by atoms with Crippen LogP contribution in [0.25, 0.3) is 0 Å². The van der Waals surface area contributed by atoms with Gasteiger partial charge in [0, 0.05) is 35.6 Å². The number of nitrogens with zero attached hydrogens (tertiary/aromatic N) is 3. The number of piperidine rings is 1. The summed E-state index contributed by atoms with van der Waals surface area (Å²) < 4.78 is 5.89. The normalized spacial score (nSPS) is 21.4. The zero-order valence-corrected chi connectivity index (χ0v) is 21.0. The van der Waals surface area contributed by atoms with Crippen LogP contribution in [0, 0.1) is 0 Å². The zero-order chi connectivity index (χ0) is 26.0. The number of amides is 2. The summed E-state index contributed by atoms with van der Waals surface area (Å²) in [5.74, 6) is -1.08. The van der Waals surface area contributed by atoms with Crippen molar-refractivity contribution in [2.45, 2.75) is 36.9 Å². The number of aliphatic carboxylic acids is 1. The maximum Gasteiger partial charge on any atom is 0.408 e. The lowest BCUT2D eigenvalue weighted by molar-refractivity contribution is -0.141. The summed E-state index contributed by atoms with van der Waals surface area (Å²) >= 11 is 6.29. The quantitative estimate of drug-likeness (QED) is 0.604. The van der Waals surface area contributed by atoms with Crippen molar-refractivity contribution in [1.82, 2.24) is 14.7 Å². The third-order valence-electron chi connectivity index (χ3n) is 7.26. The summed E-state index contributed by atoms with van der Waals surface area (Å²) in [4.78, 5) is 41.1.